The zero-order valence-corrected chi connectivity index (χ0v) is 16.9. The Hall–Kier alpha value is -3.32. The number of rotatable bonds is 7. The molecular formula is C22H21NO5S. The zero-order valence-electron chi connectivity index (χ0n) is 16.1. The van der Waals surface area contributed by atoms with Gasteiger partial charge in [-0.15, -0.1) is 0 Å². The number of phenolic OH excluding ortho intramolecular Hbond substituents is 1. The van der Waals surface area contributed by atoms with Crippen molar-refractivity contribution in [3.8, 4) is 11.5 Å². The number of aromatic hydroxyl groups is 1. The molecule has 0 radical (unpaired) electrons. The molecule has 3 aromatic rings. The molecule has 6 nitrogen and oxygen atoms in total. The van der Waals surface area contributed by atoms with E-state index in [1.54, 1.807) is 55.6 Å². The Bertz CT molecular complexity index is 1090. The van der Waals surface area contributed by atoms with Crippen LogP contribution in [-0.2, 0) is 16.6 Å². The monoisotopic (exact) mass is 411 g/mol. The summed E-state index contributed by atoms with van der Waals surface area (Å²) in [7, 11) is -2.35. The first-order valence-electron chi connectivity index (χ1n) is 8.87. The first-order valence-corrected chi connectivity index (χ1v) is 10.3. The average Bonchev–Trinajstić information content (AvgIpc) is 2.72. The Morgan fingerprint density at radius 3 is 2.03 bits per heavy atom. The van der Waals surface area contributed by atoms with Gasteiger partial charge in [0, 0.05) is 5.56 Å². The van der Waals surface area contributed by atoms with Crippen LogP contribution in [-0.4, -0.2) is 26.4 Å². The first-order chi connectivity index (χ1) is 13.8. The van der Waals surface area contributed by atoms with Gasteiger partial charge in [0.25, 0.3) is 10.0 Å². The number of ketones is 1. The highest BCUT2D eigenvalue weighted by Crippen LogP contribution is 2.28. The van der Waals surface area contributed by atoms with Crippen molar-refractivity contribution >= 4 is 21.5 Å². The van der Waals surface area contributed by atoms with E-state index in [0.29, 0.717) is 17.0 Å². The van der Waals surface area contributed by atoms with Crippen molar-refractivity contribution in [3.63, 3.8) is 0 Å². The SMILES string of the molecule is COc1ccc(CN(c2ccc(C(C)=O)cc2)S(=O)(=O)c2ccc(O)cc2)cc1. The number of sulfonamides is 1. The molecule has 3 aromatic carbocycles. The minimum Gasteiger partial charge on any atom is -0.508 e. The summed E-state index contributed by atoms with van der Waals surface area (Å²) < 4.78 is 33.1. The van der Waals surface area contributed by atoms with Crippen LogP contribution < -0.4 is 9.04 Å². The second-order valence-corrected chi connectivity index (χ2v) is 8.32. The average molecular weight is 411 g/mol. The molecule has 0 heterocycles. The Labute approximate surface area is 170 Å². The van der Waals surface area contributed by atoms with Crippen molar-refractivity contribution in [2.24, 2.45) is 0 Å². The molecule has 0 unspecified atom stereocenters. The molecule has 0 aromatic heterocycles. The third-order valence-electron chi connectivity index (χ3n) is 4.47. The number of nitrogens with zero attached hydrogens (tertiary/aromatic N) is 1. The van der Waals surface area contributed by atoms with E-state index in [9.17, 15) is 18.3 Å². The molecule has 0 aliphatic heterocycles. The van der Waals surface area contributed by atoms with Crippen molar-refractivity contribution in [3.05, 3.63) is 83.9 Å². The lowest BCUT2D eigenvalue weighted by Crippen LogP contribution is -2.30. The molecule has 0 spiro atoms. The minimum atomic E-state index is -3.91. The zero-order chi connectivity index (χ0) is 21.0. The minimum absolute atomic E-state index is 0.0172. The standard InChI is InChI=1S/C22H21NO5S/c1-16(24)18-5-7-19(8-6-18)23(15-17-3-11-21(28-2)12-4-17)29(26,27)22-13-9-20(25)10-14-22/h3-14,25H,15H2,1-2H3. The van der Waals surface area contributed by atoms with Crippen molar-refractivity contribution in [1.82, 2.24) is 0 Å². The highest BCUT2D eigenvalue weighted by molar-refractivity contribution is 7.92. The van der Waals surface area contributed by atoms with Gasteiger partial charge in [-0.1, -0.05) is 12.1 Å². The number of methoxy groups -OCH3 is 1. The lowest BCUT2D eigenvalue weighted by atomic mass is 10.1. The number of phenols is 1. The number of carbonyl (C=O) groups is 1. The molecule has 0 aliphatic carbocycles. The van der Waals surface area contributed by atoms with Crippen molar-refractivity contribution < 1.29 is 23.1 Å². The molecule has 0 atom stereocenters. The lowest BCUT2D eigenvalue weighted by Gasteiger charge is -2.25. The fraction of sp³-hybridized carbons (Fsp3) is 0.136. The predicted octanol–water partition coefficient (Wildman–Crippen LogP) is 4.00. The van der Waals surface area contributed by atoms with Crippen LogP contribution in [0.4, 0.5) is 5.69 Å². The summed E-state index contributed by atoms with van der Waals surface area (Å²) in [4.78, 5) is 11.6. The highest BCUT2D eigenvalue weighted by Gasteiger charge is 2.25. The Balaban J connectivity index is 2.04. The first kappa shape index (κ1) is 20.4. The third kappa shape index (κ3) is 4.57. The summed E-state index contributed by atoms with van der Waals surface area (Å²) >= 11 is 0. The molecule has 0 saturated heterocycles. The van der Waals surface area contributed by atoms with Gasteiger partial charge < -0.3 is 9.84 Å². The lowest BCUT2D eigenvalue weighted by molar-refractivity contribution is 0.101. The summed E-state index contributed by atoms with van der Waals surface area (Å²) in [5.41, 5.74) is 1.70. The van der Waals surface area contributed by atoms with Gasteiger partial charge in [-0.3, -0.25) is 9.10 Å². The molecule has 3 rings (SSSR count). The van der Waals surface area contributed by atoms with Crippen LogP contribution in [0.15, 0.2) is 77.7 Å². The van der Waals surface area contributed by atoms with Crippen LogP contribution in [0.25, 0.3) is 0 Å². The molecule has 0 bridgehead atoms. The van der Waals surface area contributed by atoms with Gasteiger partial charge in [0.15, 0.2) is 5.78 Å². The molecule has 7 heteroatoms. The summed E-state index contributed by atoms with van der Waals surface area (Å²) in [6.07, 6.45) is 0. The van der Waals surface area contributed by atoms with Crippen LogP contribution in [0, 0.1) is 0 Å². The number of anilines is 1. The van der Waals surface area contributed by atoms with Gasteiger partial charge >= 0.3 is 0 Å². The maximum absolute atomic E-state index is 13.3. The summed E-state index contributed by atoms with van der Waals surface area (Å²) in [5.74, 6) is 0.559. The molecule has 0 fully saturated rings. The van der Waals surface area contributed by atoms with E-state index >= 15 is 0 Å². The summed E-state index contributed by atoms with van der Waals surface area (Å²) in [6, 6.07) is 18.9. The number of ether oxygens (including phenoxy) is 1. The normalized spacial score (nSPS) is 11.1. The van der Waals surface area contributed by atoms with Crippen LogP contribution >= 0.6 is 0 Å². The number of hydrogen-bond donors (Lipinski definition) is 1. The van der Waals surface area contributed by atoms with E-state index in [2.05, 4.69) is 0 Å². The van der Waals surface area contributed by atoms with Gasteiger partial charge in [0.2, 0.25) is 0 Å². The Kier molecular flexibility index (Phi) is 5.89. The number of benzene rings is 3. The van der Waals surface area contributed by atoms with Crippen LogP contribution in [0.2, 0.25) is 0 Å². The maximum atomic E-state index is 13.3. The largest absolute Gasteiger partial charge is 0.508 e. The topological polar surface area (TPSA) is 83.9 Å². The molecular weight excluding hydrogens is 390 g/mol. The van der Waals surface area contributed by atoms with Crippen LogP contribution in [0.5, 0.6) is 11.5 Å². The Morgan fingerprint density at radius 1 is 0.931 bits per heavy atom. The predicted molar refractivity (Wildman–Crippen MR) is 111 cm³/mol. The summed E-state index contributed by atoms with van der Waals surface area (Å²) in [5, 5.41) is 9.49. The van der Waals surface area contributed by atoms with Gasteiger partial charge in [-0.05, 0) is 73.2 Å². The molecule has 29 heavy (non-hydrogen) atoms. The number of carbonyl (C=O) groups excluding carboxylic acids is 1. The maximum Gasteiger partial charge on any atom is 0.264 e. The third-order valence-corrected chi connectivity index (χ3v) is 6.26. The second-order valence-electron chi connectivity index (χ2n) is 6.46. The van der Waals surface area contributed by atoms with Crippen LogP contribution in [0.3, 0.4) is 0 Å². The molecule has 0 saturated carbocycles. The van der Waals surface area contributed by atoms with Gasteiger partial charge in [0.05, 0.1) is 24.2 Å². The van der Waals surface area contributed by atoms with E-state index in [4.69, 9.17) is 4.74 Å². The fourth-order valence-corrected chi connectivity index (χ4v) is 4.27. The van der Waals surface area contributed by atoms with Gasteiger partial charge in [-0.25, -0.2) is 8.42 Å². The molecule has 0 amide bonds. The number of Topliss-reactive ketones (excluding diaryl/α,β-unsaturated/α-hetero) is 1. The number of hydrogen-bond acceptors (Lipinski definition) is 5. The van der Waals surface area contributed by atoms with Crippen molar-refractivity contribution in [2.45, 2.75) is 18.4 Å². The van der Waals surface area contributed by atoms with Gasteiger partial charge in [-0.2, -0.15) is 0 Å². The van der Waals surface area contributed by atoms with Gasteiger partial charge in [0.1, 0.15) is 11.5 Å². The van der Waals surface area contributed by atoms with E-state index < -0.39 is 10.0 Å². The van der Waals surface area contributed by atoms with E-state index in [1.807, 2.05) is 0 Å². The summed E-state index contributed by atoms with van der Waals surface area (Å²) in [6.45, 7) is 1.55. The molecule has 150 valence electrons. The van der Waals surface area contributed by atoms with Crippen molar-refractivity contribution in [1.29, 1.82) is 0 Å². The highest BCUT2D eigenvalue weighted by atomic mass is 32.2. The fourth-order valence-electron chi connectivity index (χ4n) is 2.82. The van der Waals surface area contributed by atoms with E-state index in [1.165, 1.54) is 35.5 Å². The smallest absolute Gasteiger partial charge is 0.264 e. The quantitative estimate of drug-likeness (QED) is 0.594. The molecule has 1 N–H and O–H groups in total. The van der Waals surface area contributed by atoms with Crippen LogP contribution in [0.1, 0.15) is 22.8 Å². The van der Waals surface area contributed by atoms with E-state index in [-0.39, 0.29) is 23.0 Å². The second kappa shape index (κ2) is 8.36. The van der Waals surface area contributed by atoms with Crippen molar-refractivity contribution in [2.75, 3.05) is 11.4 Å². The van der Waals surface area contributed by atoms with E-state index in [0.717, 1.165) is 5.56 Å². The Morgan fingerprint density at radius 2 is 1.52 bits per heavy atom. The molecule has 0 aliphatic rings.